The number of aromatic nitrogens is 1. The third-order valence-corrected chi connectivity index (χ3v) is 5.64. The molecule has 5 heteroatoms. The molecule has 124 valence electrons. The first kappa shape index (κ1) is 17.0. The molecule has 1 N–H and O–H groups in total. The van der Waals surface area contributed by atoms with Gasteiger partial charge in [0.1, 0.15) is 0 Å². The minimum atomic E-state index is -0.0241. The van der Waals surface area contributed by atoms with Gasteiger partial charge in [0.15, 0.2) is 5.13 Å². The Hall–Kier alpha value is -1.85. The Balaban J connectivity index is 1.53. The Labute approximate surface area is 150 Å². The third kappa shape index (κ3) is 4.58. The van der Waals surface area contributed by atoms with Crippen molar-refractivity contribution < 1.29 is 4.79 Å². The number of carbonyl (C=O) groups excluding carboxylic acids is 1. The van der Waals surface area contributed by atoms with Gasteiger partial charge in [0.2, 0.25) is 5.91 Å². The number of thioether (sulfide) groups is 1. The van der Waals surface area contributed by atoms with Gasteiger partial charge in [-0.25, -0.2) is 4.98 Å². The number of carbonyl (C=O) groups is 1. The fourth-order valence-electron chi connectivity index (χ4n) is 2.44. The maximum Gasteiger partial charge on any atom is 0.236 e. The summed E-state index contributed by atoms with van der Waals surface area (Å²) in [7, 11) is 0. The summed E-state index contributed by atoms with van der Waals surface area (Å²) in [5.41, 5.74) is 2.09. The first-order chi connectivity index (χ1) is 11.7. The SMILES string of the molecule is CCC1C=CC(c2csc(NC(=O)CSc3ccccc3)n2)=CC1. The van der Waals surface area contributed by atoms with E-state index in [0.29, 0.717) is 16.8 Å². The largest absolute Gasteiger partial charge is 0.301 e. The summed E-state index contributed by atoms with van der Waals surface area (Å²) in [5.74, 6) is 1.00. The summed E-state index contributed by atoms with van der Waals surface area (Å²) in [4.78, 5) is 17.7. The number of nitrogens with one attached hydrogen (secondary N) is 1. The molecule has 0 bridgehead atoms. The van der Waals surface area contributed by atoms with Crippen molar-refractivity contribution in [3.63, 3.8) is 0 Å². The van der Waals surface area contributed by atoms with Crippen LogP contribution in [0, 0.1) is 5.92 Å². The molecule has 0 saturated heterocycles. The molecule has 3 nitrogen and oxygen atoms in total. The zero-order valence-corrected chi connectivity index (χ0v) is 15.2. The van der Waals surface area contributed by atoms with Crippen LogP contribution in [-0.2, 0) is 4.79 Å². The van der Waals surface area contributed by atoms with E-state index in [-0.39, 0.29) is 5.91 Å². The second-order valence-electron chi connectivity index (χ2n) is 5.61. The van der Waals surface area contributed by atoms with Crippen molar-refractivity contribution in [3.8, 4) is 0 Å². The molecule has 0 spiro atoms. The molecule has 0 radical (unpaired) electrons. The second-order valence-corrected chi connectivity index (χ2v) is 7.52. The summed E-state index contributed by atoms with van der Waals surface area (Å²) >= 11 is 3.00. The van der Waals surface area contributed by atoms with Gasteiger partial charge in [-0.05, 0) is 36.5 Å². The average Bonchev–Trinajstić information content (AvgIpc) is 3.09. The van der Waals surface area contributed by atoms with Gasteiger partial charge >= 0.3 is 0 Å². The highest BCUT2D eigenvalue weighted by Crippen LogP contribution is 2.28. The number of rotatable bonds is 6. The lowest BCUT2D eigenvalue weighted by Gasteiger charge is -2.12. The monoisotopic (exact) mass is 356 g/mol. The zero-order valence-electron chi connectivity index (χ0n) is 13.6. The Kier molecular flexibility index (Phi) is 5.88. The molecule has 1 atom stereocenters. The summed E-state index contributed by atoms with van der Waals surface area (Å²) in [6.45, 7) is 2.21. The van der Waals surface area contributed by atoms with E-state index in [1.807, 2.05) is 35.7 Å². The van der Waals surface area contributed by atoms with E-state index in [0.717, 1.165) is 29.0 Å². The third-order valence-electron chi connectivity index (χ3n) is 3.87. The van der Waals surface area contributed by atoms with Crippen LogP contribution in [0.3, 0.4) is 0 Å². The molecule has 1 aliphatic carbocycles. The molecule has 1 unspecified atom stereocenters. The van der Waals surface area contributed by atoms with Gasteiger partial charge in [0, 0.05) is 10.3 Å². The van der Waals surface area contributed by atoms with Crippen molar-refractivity contribution in [3.05, 3.63) is 59.6 Å². The number of amides is 1. The lowest BCUT2D eigenvalue weighted by Crippen LogP contribution is -2.13. The fourth-order valence-corrected chi connectivity index (χ4v) is 3.90. The number of thiazole rings is 1. The Morgan fingerprint density at radius 3 is 2.92 bits per heavy atom. The van der Waals surface area contributed by atoms with Crippen molar-refractivity contribution in [2.24, 2.45) is 5.92 Å². The van der Waals surface area contributed by atoms with Gasteiger partial charge in [-0.3, -0.25) is 4.79 Å². The van der Waals surface area contributed by atoms with Crippen LogP contribution in [0.2, 0.25) is 0 Å². The molecule has 0 aliphatic heterocycles. The predicted molar refractivity (Wildman–Crippen MR) is 103 cm³/mol. The van der Waals surface area contributed by atoms with Crippen LogP contribution >= 0.6 is 23.1 Å². The number of hydrogen-bond acceptors (Lipinski definition) is 4. The van der Waals surface area contributed by atoms with E-state index in [2.05, 4.69) is 35.5 Å². The Morgan fingerprint density at radius 1 is 1.38 bits per heavy atom. The molecule has 1 aliphatic rings. The first-order valence-corrected chi connectivity index (χ1v) is 9.93. The topological polar surface area (TPSA) is 42.0 Å². The molecule has 1 aromatic heterocycles. The summed E-state index contributed by atoms with van der Waals surface area (Å²) in [5, 5.41) is 5.55. The van der Waals surface area contributed by atoms with Gasteiger partial charge in [0.05, 0.1) is 11.4 Å². The van der Waals surface area contributed by atoms with Crippen molar-refractivity contribution in [2.45, 2.75) is 24.7 Å². The van der Waals surface area contributed by atoms with Gasteiger partial charge < -0.3 is 5.32 Å². The number of allylic oxidation sites excluding steroid dienone is 4. The molecule has 1 heterocycles. The summed E-state index contributed by atoms with van der Waals surface area (Å²) < 4.78 is 0. The van der Waals surface area contributed by atoms with E-state index < -0.39 is 0 Å². The minimum absolute atomic E-state index is 0.0241. The highest BCUT2D eigenvalue weighted by molar-refractivity contribution is 8.00. The quantitative estimate of drug-likeness (QED) is 0.719. The summed E-state index contributed by atoms with van der Waals surface area (Å²) in [6, 6.07) is 9.93. The molecule has 1 aromatic carbocycles. The second kappa shape index (κ2) is 8.31. The normalized spacial score (nSPS) is 16.7. The molecule has 24 heavy (non-hydrogen) atoms. The Bertz CT molecular complexity index is 750. The van der Waals surface area contributed by atoms with Crippen molar-refractivity contribution in [1.82, 2.24) is 4.98 Å². The number of anilines is 1. The van der Waals surface area contributed by atoms with Gasteiger partial charge in [-0.1, -0.05) is 43.4 Å². The lowest BCUT2D eigenvalue weighted by molar-refractivity contribution is -0.113. The predicted octanol–water partition coefficient (Wildman–Crippen LogP) is 5.24. The van der Waals surface area contributed by atoms with Crippen LogP contribution in [0.25, 0.3) is 5.57 Å². The highest BCUT2D eigenvalue weighted by atomic mass is 32.2. The summed E-state index contributed by atoms with van der Waals surface area (Å²) in [6.07, 6.45) is 8.86. The van der Waals surface area contributed by atoms with Crippen molar-refractivity contribution in [1.29, 1.82) is 0 Å². The van der Waals surface area contributed by atoms with E-state index in [1.54, 1.807) is 0 Å². The molecule has 0 saturated carbocycles. The Morgan fingerprint density at radius 2 is 2.21 bits per heavy atom. The minimum Gasteiger partial charge on any atom is -0.301 e. The van der Waals surface area contributed by atoms with Crippen LogP contribution < -0.4 is 5.32 Å². The van der Waals surface area contributed by atoms with Crippen molar-refractivity contribution in [2.75, 3.05) is 11.1 Å². The molecule has 0 fully saturated rings. The standard InChI is InChI=1S/C19H20N2OS2/c1-2-14-8-10-15(11-9-14)17-12-24-19(20-17)21-18(22)13-23-16-6-4-3-5-7-16/h3-8,10-12,14H,2,9,13H2,1H3,(H,20,21,22). The molecule has 3 rings (SSSR count). The highest BCUT2D eigenvalue weighted by Gasteiger charge is 2.12. The van der Waals surface area contributed by atoms with E-state index in [9.17, 15) is 4.79 Å². The first-order valence-electron chi connectivity index (χ1n) is 8.06. The van der Waals surface area contributed by atoms with Crippen LogP contribution in [0.5, 0.6) is 0 Å². The molecule has 2 aromatic rings. The van der Waals surface area contributed by atoms with Crippen LogP contribution in [0.1, 0.15) is 25.5 Å². The fraction of sp³-hybridized carbons (Fsp3) is 0.263. The number of nitrogens with zero attached hydrogens (tertiary/aromatic N) is 1. The van der Waals surface area contributed by atoms with Crippen LogP contribution in [0.15, 0.2) is 58.8 Å². The number of benzene rings is 1. The molecule has 1 amide bonds. The lowest BCUT2D eigenvalue weighted by atomic mass is 9.94. The molecular formula is C19H20N2OS2. The maximum absolute atomic E-state index is 12.1. The van der Waals surface area contributed by atoms with E-state index >= 15 is 0 Å². The van der Waals surface area contributed by atoms with E-state index in [1.165, 1.54) is 23.1 Å². The number of hydrogen-bond donors (Lipinski definition) is 1. The zero-order chi connectivity index (χ0) is 16.8. The van der Waals surface area contributed by atoms with Crippen molar-refractivity contribution >= 4 is 39.7 Å². The van der Waals surface area contributed by atoms with Gasteiger partial charge in [-0.2, -0.15) is 0 Å². The molecular weight excluding hydrogens is 336 g/mol. The smallest absolute Gasteiger partial charge is 0.236 e. The van der Waals surface area contributed by atoms with E-state index in [4.69, 9.17) is 0 Å². The van der Waals surface area contributed by atoms with Crippen LogP contribution in [0.4, 0.5) is 5.13 Å². The van der Waals surface area contributed by atoms with Gasteiger partial charge in [0.25, 0.3) is 0 Å². The van der Waals surface area contributed by atoms with Crippen LogP contribution in [-0.4, -0.2) is 16.6 Å². The van der Waals surface area contributed by atoms with Gasteiger partial charge in [-0.15, -0.1) is 23.1 Å². The maximum atomic E-state index is 12.1. The average molecular weight is 357 g/mol.